The fourth-order valence-electron chi connectivity index (χ4n) is 4.51. The van der Waals surface area contributed by atoms with E-state index in [4.69, 9.17) is 5.73 Å². The van der Waals surface area contributed by atoms with Crippen molar-refractivity contribution >= 4 is 23.6 Å². The van der Waals surface area contributed by atoms with Crippen molar-refractivity contribution < 1.29 is 19.2 Å². The first-order valence-electron chi connectivity index (χ1n) is 10.2. The second-order valence-corrected chi connectivity index (χ2v) is 8.30. The minimum atomic E-state index is -0.930. The van der Waals surface area contributed by atoms with Crippen LogP contribution in [0.1, 0.15) is 58.9 Å². The highest BCUT2D eigenvalue weighted by molar-refractivity contribution is 6.23. The van der Waals surface area contributed by atoms with Crippen LogP contribution in [0.4, 0.5) is 0 Å². The van der Waals surface area contributed by atoms with Gasteiger partial charge in [0, 0.05) is 19.0 Å². The average Bonchev–Trinajstić information content (AvgIpc) is 2.93. The summed E-state index contributed by atoms with van der Waals surface area (Å²) in [5, 5.41) is 2.21. The number of nitrogens with zero attached hydrogens (tertiary/aromatic N) is 2. The van der Waals surface area contributed by atoms with Crippen LogP contribution in [0, 0.1) is 5.92 Å². The lowest BCUT2D eigenvalue weighted by atomic mass is 9.91. The van der Waals surface area contributed by atoms with Crippen molar-refractivity contribution in [2.24, 2.45) is 11.7 Å². The molecule has 3 heterocycles. The number of rotatable bonds is 4. The van der Waals surface area contributed by atoms with Crippen LogP contribution in [0.2, 0.25) is 0 Å². The van der Waals surface area contributed by atoms with E-state index in [1.54, 1.807) is 12.1 Å². The Labute approximate surface area is 169 Å². The predicted molar refractivity (Wildman–Crippen MR) is 105 cm³/mol. The third-order valence-electron chi connectivity index (χ3n) is 6.29. The quantitative estimate of drug-likeness (QED) is 0.720. The van der Waals surface area contributed by atoms with Crippen molar-refractivity contribution in [1.82, 2.24) is 15.1 Å². The van der Waals surface area contributed by atoms with Crippen molar-refractivity contribution in [3.8, 4) is 0 Å². The number of carbonyl (C=O) groups is 4. The second-order valence-electron chi connectivity index (χ2n) is 8.30. The molecule has 8 nitrogen and oxygen atoms in total. The maximum absolute atomic E-state index is 12.9. The van der Waals surface area contributed by atoms with Gasteiger partial charge in [0.25, 0.3) is 11.8 Å². The van der Waals surface area contributed by atoms with E-state index in [0.717, 1.165) is 36.4 Å². The number of imide groups is 2. The highest BCUT2D eigenvalue weighted by Gasteiger charge is 2.44. The summed E-state index contributed by atoms with van der Waals surface area (Å²) in [5.74, 6) is -1.35. The molecule has 0 aliphatic carbocycles. The molecular weight excluding hydrogens is 372 g/mol. The monoisotopic (exact) mass is 398 g/mol. The van der Waals surface area contributed by atoms with Crippen molar-refractivity contribution in [1.29, 1.82) is 0 Å². The fourth-order valence-corrected chi connectivity index (χ4v) is 4.51. The summed E-state index contributed by atoms with van der Waals surface area (Å²) in [7, 11) is 0. The maximum Gasteiger partial charge on any atom is 0.262 e. The van der Waals surface area contributed by atoms with Crippen LogP contribution in [0.3, 0.4) is 0 Å². The van der Waals surface area contributed by atoms with Crippen molar-refractivity contribution in [2.45, 2.75) is 51.2 Å². The normalized spacial score (nSPS) is 24.6. The Morgan fingerprint density at radius 3 is 2.41 bits per heavy atom. The van der Waals surface area contributed by atoms with Crippen molar-refractivity contribution in [2.75, 3.05) is 13.1 Å². The summed E-state index contributed by atoms with van der Waals surface area (Å²) in [4.78, 5) is 52.5. The third kappa shape index (κ3) is 3.70. The lowest BCUT2D eigenvalue weighted by Crippen LogP contribution is -2.54. The number of piperidine rings is 2. The summed E-state index contributed by atoms with van der Waals surface area (Å²) in [6.07, 6.45) is 2.40. The largest absolute Gasteiger partial charge is 0.328 e. The van der Waals surface area contributed by atoms with Gasteiger partial charge >= 0.3 is 0 Å². The molecule has 1 aromatic carbocycles. The SMILES string of the molecule is C[C@@H](N)C1CCN(Cc2ccc3c(c2)C(=O)N(C2CCC(=O)NC2=O)C3=O)CC1. The zero-order valence-corrected chi connectivity index (χ0v) is 16.5. The van der Waals surface area contributed by atoms with Crippen LogP contribution in [0.5, 0.6) is 0 Å². The van der Waals surface area contributed by atoms with Gasteiger partial charge in [-0.05, 0) is 62.9 Å². The lowest BCUT2D eigenvalue weighted by Gasteiger charge is -2.33. The van der Waals surface area contributed by atoms with Crippen LogP contribution in [0.15, 0.2) is 18.2 Å². The van der Waals surface area contributed by atoms with Gasteiger partial charge in [0.2, 0.25) is 11.8 Å². The highest BCUT2D eigenvalue weighted by Crippen LogP contribution is 2.29. The number of benzene rings is 1. The maximum atomic E-state index is 12.9. The van der Waals surface area contributed by atoms with E-state index in [9.17, 15) is 19.2 Å². The summed E-state index contributed by atoms with van der Waals surface area (Å²) in [6.45, 7) is 4.67. The van der Waals surface area contributed by atoms with E-state index in [-0.39, 0.29) is 24.8 Å². The van der Waals surface area contributed by atoms with Gasteiger partial charge in [-0.2, -0.15) is 0 Å². The molecular formula is C21H26N4O4. The Hall–Kier alpha value is -2.58. The molecule has 2 atom stereocenters. The number of hydrogen-bond acceptors (Lipinski definition) is 6. The number of amides is 4. The van der Waals surface area contributed by atoms with E-state index in [1.165, 1.54) is 0 Å². The molecule has 8 heteroatoms. The first-order chi connectivity index (χ1) is 13.8. The zero-order valence-electron chi connectivity index (χ0n) is 16.5. The topological polar surface area (TPSA) is 113 Å². The molecule has 154 valence electrons. The summed E-state index contributed by atoms with van der Waals surface area (Å²) < 4.78 is 0. The van der Waals surface area contributed by atoms with Crippen molar-refractivity contribution in [3.63, 3.8) is 0 Å². The smallest absolute Gasteiger partial charge is 0.262 e. The number of carbonyl (C=O) groups excluding carboxylic acids is 4. The third-order valence-corrected chi connectivity index (χ3v) is 6.29. The molecule has 3 aliphatic rings. The molecule has 0 radical (unpaired) electrons. The van der Waals surface area contributed by atoms with Gasteiger partial charge in [-0.1, -0.05) is 6.07 Å². The van der Waals surface area contributed by atoms with Crippen LogP contribution in [-0.4, -0.2) is 58.6 Å². The Bertz CT molecular complexity index is 873. The Morgan fingerprint density at radius 2 is 1.76 bits per heavy atom. The van der Waals surface area contributed by atoms with Crippen LogP contribution < -0.4 is 11.1 Å². The van der Waals surface area contributed by atoms with E-state index in [2.05, 4.69) is 17.1 Å². The van der Waals surface area contributed by atoms with E-state index < -0.39 is 23.8 Å². The fraction of sp³-hybridized carbons (Fsp3) is 0.524. The molecule has 2 saturated heterocycles. The molecule has 4 rings (SSSR count). The molecule has 0 saturated carbocycles. The minimum Gasteiger partial charge on any atom is -0.328 e. The first kappa shape index (κ1) is 19.7. The molecule has 2 fully saturated rings. The Kier molecular flexibility index (Phi) is 5.23. The minimum absolute atomic E-state index is 0.117. The van der Waals surface area contributed by atoms with Crippen LogP contribution >= 0.6 is 0 Å². The van der Waals surface area contributed by atoms with Gasteiger partial charge in [0.05, 0.1) is 11.1 Å². The molecule has 3 aliphatic heterocycles. The Balaban J connectivity index is 1.47. The van der Waals surface area contributed by atoms with Gasteiger partial charge < -0.3 is 5.73 Å². The molecule has 4 amide bonds. The van der Waals surface area contributed by atoms with Gasteiger partial charge in [-0.25, -0.2) is 0 Å². The van der Waals surface area contributed by atoms with Crippen molar-refractivity contribution in [3.05, 3.63) is 34.9 Å². The van der Waals surface area contributed by atoms with Gasteiger partial charge in [-0.3, -0.25) is 34.3 Å². The van der Waals surface area contributed by atoms with Gasteiger partial charge in [0.15, 0.2) is 0 Å². The summed E-state index contributed by atoms with van der Waals surface area (Å²) >= 11 is 0. The van der Waals surface area contributed by atoms with Crippen LogP contribution in [0.25, 0.3) is 0 Å². The number of fused-ring (bicyclic) bond motifs is 1. The lowest BCUT2D eigenvalue weighted by molar-refractivity contribution is -0.136. The molecule has 0 aromatic heterocycles. The van der Waals surface area contributed by atoms with Gasteiger partial charge in [-0.15, -0.1) is 0 Å². The molecule has 1 unspecified atom stereocenters. The summed E-state index contributed by atoms with van der Waals surface area (Å²) in [5.41, 5.74) is 7.63. The van der Waals surface area contributed by atoms with E-state index >= 15 is 0 Å². The number of likely N-dealkylation sites (tertiary alicyclic amines) is 1. The van der Waals surface area contributed by atoms with E-state index in [0.29, 0.717) is 23.6 Å². The van der Waals surface area contributed by atoms with Gasteiger partial charge in [0.1, 0.15) is 6.04 Å². The molecule has 1 aromatic rings. The molecule has 0 bridgehead atoms. The molecule has 0 spiro atoms. The number of nitrogens with two attached hydrogens (primary N) is 1. The first-order valence-corrected chi connectivity index (χ1v) is 10.2. The average molecular weight is 398 g/mol. The molecule has 3 N–H and O–H groups in total. The zero-order chi connectivity index (χ0) is 20.7. The molecule has 29 heavy (non-hydrogen) atoms. The highest BCUT2D eigenvalue weighted by atomic mass is 16.2. The number of nitrogens with one attached hydrogen (secondary N) is 1. The number of hydrogen-bond donors (Lipinski definition) is 2. The standard InChI is InChI=1S/C21H26N4O4/c1-12(22)14-6-8-24(9-7-14)11-13-2-3-15-16(10-13)21(29)25(20(15)28)17-4-5-18(26)23-19(17)27/h2-3,10,12,14,17H,4-9,11,22H2,1H3,(H,23,26,27)/t12-,17?/m1/s1. The van der Waals surface area contributed by atoms with Crippen LogP contribution in [-0.2, 0) is 16.1 Å². The Morgan fingerprint density at radius 1 is 1.07 bits per heavy atom. The summed E-state index contributed by atoms with van der Waals surface area (Å²) in [6, 6.07) is 4.58. The predicted octanol–water partition coefficient (Wildman–Crippen LogP) is 0.647. The second kappa shape index (κ2) is 7.68. The van der Waals surface area contributed by atoms with E-state index in [1.807, 2.05) is 6.07 Å².